The van der Waals surface area contributed by atoms with Crippen LogP contribution in [-0.4, -0.2) is 43.8 Å². The summed E-state index contributed by atoms with van der Waals surface area (Å²) in [7, 11) is 0. The molecule has 164 valence electrons. The van der Waals surface area contributed by atoms with Crippen LogP contribution < -0.4 is 11.1 Å². The Labute approximate surface area is 190 Å². The first-order chi connectivity index (χ1) is 15.9. The van der Waals surface area contributed by atoms with Gasteiger partial charge >= 0.3 is 6.03 Å². The monoisotopic (exact) mass is 439 g/mol. The van der Waals surface area contributed by atoms with Gasteiger partial charge in [-0.2, -0.15) is 15.6 Å². The number of fused-ring (bicyclic) bond motifs is 2. The molecular formula is C23H21N9O. The zero-order chi connectivity index (χ0) is 23.2. The van der Waals surface area contributed by atoms with E-state index in [1.165, 1.54) is 0 Å². The number of nitrogens with zero attached hydrogens (tertiary/aromatic N) is 7. The molecule has 5 heterocycles. The summed E-state index contributed by atoms with van der Waals surface area (Å²) in [4.78, 5) is 22.9. The smallest absolute Gasteiger partial charge is 0.317 e. The summed E-state index contributed by atoms with van der Waals surface area (Å²) in [5, 5.41) is 26.0. The van der Waals surface area contributed by atoms with Crippen LogP contribution in [0.4, 0.5) is 10.6 Å². The van der Waals surface area contributed by atoms with Crippen molar-refractivity contribution in [3.8, 4) is 23.4 Å². The molecule has 3 aromatic rings. The number of nitriles is 2. The second kappa shape index (κ2) is 7.61. The lowest BCUT2D eigenvalue weighted by Gasteiger charge is -2.47. The molecule has 2 aliphatic heterocycles. The van der Waals surface area contributed by atoms with Gasteiger partial charge in [0.1, 0.15) is 11.9 Å². The Balaban J connectivity index is 1.28. The predicted molar refractivity (Wildman–Crippen MR) is 118 cm³/mol. The number of carbonyl (C=O) groups excluding carboxylic acids is 1. The highest BCUT2D eigenvalue weighted by atomic mass is 16.2. The zero-order valence-corrected chi connectivity index (χ0v) is 18.0. The van der Waals surface area contributed by atoms with Gasteiger partial charge in [0.15, 0.2) is 0 Å². The largest absolute Gasteiger partial charge is 0.383 e. The highest BCUT2D eigenvalue weighted by Crippen LogP contribution is 2.44. The number of likely N-dealkylation sites (tertiary alicyclic amines) is 1. The van der Waals surface area contributed by atoms with Crippen LogP contribution in [-0.2, 0) is 12.0 Å². The van der Waals surface area contributed by atoms with Gasteiger partial charge in [0.2, 0.25) is 0 Å². The van der Waals surface area contributed by atoms with Gasteiger partial charge in [-0.1, -0.05) is 0 Å². The molecule has 0 saturated carbocycles. The molecule has 5 rings (SSSR count). The van der Waals surface area contributed by atoms with E-state index in [4.69, 9.17) is 16.1 Å². The van der Waals surface area contributed by atoms with E-state index in [2.05, 4.69) is 27.4 Å². The molecule has 1 atom stereocenters. The second-order valence-corrected chi connectivity index (χ2v) is 8.55. The number of aryl methyl sites for hydroxylation is 1. The van der Waals surface area contributed by atoms with Crippen molar-refractivity contribution in [3.05, 3.63) is 59.2 Å². The fourth-order valence-electron chi connectivity index (χ4n) is 4.56. The van der Waals surface area contributed by atoms with Gasteiger partial charge in [0, 0.05) is 48.7 Å². The number of aromatic nitrogens is 4. The Hall–Kier alpha value is -4.44. The van der Waals surface area contributed by atoms with Crippen molar-refractivity contribution in [2.24, 2.45) is 0 Å². The van der Waals surface area contributed by atoms with Crippen molar-refractivity contribution in [2.75, 3.05) is 18.8 Å². The standard InChI is InChI=1S/C23H21N9O/c1-14(18-6-15(9-24)2-4-27-18)29-22(33)31-12-23(13-31)3-5-32-20(23)8-19(30-32)17-7-16(10-25)21(26)28-11-17/h2,4,6-8,11,14H,3,5,12-13H2,1H3,(H2,26,28)(H,29,33)/t14-/m1/s1. The van der Waals surface area contributed by atoms with Crippen LogP contribution in [0.15, 0.2) is 36.7 Å². The number of hydrogen-bond donors (Lipinski definition) is 2. The highest BCUT2D eigenvalue weighted by Gasteiger charge is 2.51. The van der Waals surface area contributed by atoms with E-state index < -0.39 is 0 Å². The third-order valence-electron chi connectivity index (χ3n) is 6.43. The van der Waals surface area contributed by atoms with E-state index in [0.29, 0.717) is 29.9 Å². The number of anilines is 1. The molecule has 0 unspecified atom stereocenters. The molecule has 2 amide bonds. The number of hydrogen-bond acceptors (Lipinski definition) is 7. The Kier molecular flexibility index (Phi) is 4.72. The minimum absolute atomic E-state index is 0.121. The lowest BCUT2D eigenvalue weighted by molar-refractivity contribution is 0.0905. The molecule has 1 fully saturated rings. The number of rotatable bonds is 3. The predicted octanol–water partition coefficient (Wildman–Crippen LogP) is 2.09. The van der Waals surface area contributed by atoms with Crippen LogP contribution in [0.5, 0.6) is 0 Å². The van der Waals surface area contributed by atoms with Crippen LogP contribution in [0.2, 0.25) is 0 Å². The number of carbonyl (C=O) groups is 1. The first-order valence-corrected chi connectivity index (χ1v) is 10.6. The number of nitrogens with one attached hydrogen (secondary N) is 1. The first-order valence-electron chi connectivity index (χ1n) is 10.6. The molecule has 33 heavy (non-hydrogen) atoms. The summed E-state index contributed by atoms with van der Waals surface area (Å²) in [6.45, 7) is 3.83. The maximum absolute atomic E-state index is 12.8. The van der Waals surface area contributed by atoms with Crippen LogP contribution in [0, 0.1) is 22.7 Å². The molecule has 10 heteroatoms. The Morgan fingerprint density at radius 2 is 2.06 bits per heavy atom. The van der Waals surface area contributed by atoms with E-state index in [1.807, 2.05) is 17.7 Å². The summed E-state index contributed by atoms with van der Waals surface area (Å²) in [5.41, 5.74) is 9.67. The molecule has 1 spiro atoms. The molecule has 0 bridgehead atoms. The normalized spacial score (nSPS) is 16.4. The summed E-state index contributed by atoms with van der Waals surface area (Å²) in [6, 6.07) is 10.7. The second-order valence-electron chi connectivity index (χ2n) is 8.55. The van der Waals surface area contributed by atoms with E-state index >= 15 is 0 Å². The lowest BCUT2D eigenvalue weighted by Crippen LogP contribution is -2.62. The average Bonchev–Trinajstić information content (AvgIpc) is 3.38. The number of amides is 2. The molecule has 1 saturated heterocycles. The molecule has 2 aliphatic rings. The van der Waals surface area contributed by atoms with Crippen molar-refractivity contribution < 1.29 is 4.79 Å². The number of pyridine rings is 2. The molecule has 10 nitrogen and oxygen atoms in total. The average molecular weight is 439 g/mol. The first kappa shape index (κ1) is 20.5. The van der Waals surface area contributed by atoms with Gasteiger partial charge < -0.3 is 16.0 Å². The Morgan fingerprint density at radius 3 is 2.82 bits per heavy atom. The van der Waals surface area contributed by atoms with Gasteiger partial charge in [-0.25, -0.2) is 9.78 Å². The van der Waals surface area contributed by atoms with Gasteiger partial charge in [-0.05, 0) is 37.6 Å². The molecule has 0 aromatic carbocycles. The van der Waals surface area contributed by atoms with Gasteiger partial charge in [0.25, 0.3) is 0 Å². The summed E-state index contributed by atoms with van der Waals surface area (Å²) >= 11 is 0. The van der Waals surface area contributed by atoms with E-state index in [0.717, 1.165) is 29.9 Å². The third-order valence-corrected chi connectivity index (χ3v) is 6.43. The van der Waals surface area contributed by atoms with Crippen LogP contribution in [0.1, 0.15) is 41.9 Å². The van der Waals surface area contributed by atoms with Gasteiger partial charge in [0.05, 0.1) is 34.6 Å². The van der Waals surface area contributed by atoms with Crippen molar-refractivity contribution >= 4 is 11.8 Å². The third kappa shape index (κ3) is 3.42. The number of nitrogens with two attached hydrogens (primary N) is 1. The molecule has 3 aromatic heterocycles. The van der Waals surface area contributed by atoms with E-state index in [9.17, 15) is 10.1 Å². The topological polar surface area (TPSA) is 150 Å². The van der Waals surface area contributed by atoms with Crippen LogP contribution >= 0.6 is 0 Å². The van der Waals surface area contributed by atoms with Crippen LogP contribution in [0.25, 0.3) is 11.3 Å². The molecule has 0 aliphatic carbocycles. The minimum atomic E-state index is -0.310. The highest BCUT2D eigenvalue weighted by molar-refractivity contribution is 5.76. The Morgan fingerprint density at radius 1 is 1.24 bits per heavy atom. The lowest BCUT2D eigenvalue weighted by atomic mass is 9.76. The molecule has 0 radical (unpaired) electrons. The van der Waals surface area contributed by atoms with Crippen molar-refractivity contribution in [1.29, 1.82) is 10.5 Å². The van der Waals surface area contributed by atoms with Crippen molar-refractivity contribution in [1.82, 2.24) is 30.0 Å². The maximum atomic E-state index is 12.8. The van der Waals surface area contributed by atoms with E-state index in [-0.39, 0.29) is 23.3 Å². The number of nitrogen functional groups attached to an aromatic ring is 1. The SMILES string of the molecule is C[C@@H](NC(=O)N1CC2(CCn3nc(-c4cnc(N)c(C#N)c4)cc32)C1)c1cc(C#N)ccn1. The quantitative estimate of drug-likeness (QED) is 0.634. The van der Waals surface area contributed by atoms with E-state index in [1.54, 1.807) is 35.5 Å². The van der Waals surface area contributed by atoms with Crippen LogP contribution in [0.3, 0.4) is 0 Å². The zero-order valence-electron chi connectivity index (χ0n) is 18.0. The summed E-state index contributed by atoms with van der Waals surface area (Å²) < 4.78 is 1.98. The van der Waals surface area contributed by atoms with Crippen molar-refractivity contribution in [2.45, 2.75) is 31.3 Å². The minimum Gasteiger partial charge on any atom is -0.383 e. The Bertz CT molecular complexity index is 1340. The van der Waals surface area contributed by atoms with Gasteiger partial charge in [-0.3, -0.25) is 9.67 Å². The summed E-state index contributed by atoms with van der Waals surface area (Å²) in [6.07, 6.45) is 4.12. The maximum Gasteiger partial charge on any atom is 0.317 e. The van der Waals surface area contributed by atoms with Gasteiger partial charge in [-0.15, -0.1) is 0 Å². The number of urea groups is 1. The molecule has 3 N–H and O–H groups in total. The fourth-order valence-corrected chi connectivity index (χ4v) is 4.56. The van der Waals surface area contributed by atoms with Crippen molar-refractivity contribution in [3.63, 3.8) is 0 Å². The fraction of sp³-hybridized carbons (Fsp3) is 0.304. The summed E-state index contributed by atoms with van der Waals surface area (Å²) in [5.74, 6) is 0.203. The molecular weight excluding hydrogens is 418 g/mol.